The van der Waals surface area contributed by atoms with Crippen LogP contribution in [0.3, 0.4) is 0 Å². The van der Waals surface area contributed by atoms with Gasteiger partial charge in [-0.25, -0.2) is 13.1 Å². The number of halogens is 3. The minimum atomic E-state index is -4.63. The van der Waals surface area contributed by atoms with Crippen molar-refractivity contribution < 1.29 is 35.9 Å². The first-order valence-corrected chi connectivity index (χ1v) is 8.35. The lowest BCUT2D eigenvalue weighted by molar-refractivity contribution is -0.196. The van der Waals surface area contributed by atoms with Crippen LogP contribution in [0.2, 0.25) is 0 Å². The molecule has 1 aliphatic heterocycles. The Morgan fingerprint density at radius 3 is 2.64 bits per heavy atom. The fourth-order valence-electron chi connectivity index (χ4n) is 1.99. The Balaban J connectivity index is 2.42. The van der Waals surface area contributed by atoms with Crippen LogP contribution in [0, 0.1) is 5.92 Å². The Kier molecular flexibility index (Phi) is 6.17. The molecule has 1 saturated heterocycles. The SMILES string of the molecule is CS(=O)(=O)NCCOC(=O)CN1CCCC(C(F)(F)F)C1=O. The molecule has 0 aliphatic carbocycles. The topological polar surface area (TPSA) is 92.8 Å². The van der Waals surface area contributed by atoms with Crippen molar-refractivity contribution in [3.05, 3.63) is 0 Å². The second kappa shape index (κ2) is 7.27. The number of nitrogens with zero attached hydrogens (tertiary/aromatic N) is 1. The van der Waals surface area contributed by atoms with E-state index in [2.05, 4.69) is 9.46 Å². The number of alkyl halides is 3. The fourth-order valence-corrected chi connectivity index (χ4v) is 2.45. The molecule has 1 fully saturated rings. The number of likely N-dealkylation sites (tertiary alicyclic amines) is 1. The third-order valence-electron chi connectivity index (χ3n) is 2.98. The molecule has 1 N–H and O–H groups in total. The lowest BCUT2D eigenvalue weighted by Gasteiger charge is -2.32. The summed E-state index contributed by atoms with van der Waals surface area (Å²) in [4.78, 5) is 24.0. The summed E-state index contributed by atoms with van der Waals surface area (Å²) in [6.07, 6.45) is -3.83. The quantitative estimate of drug-likeness (QED) is 0.535. The molecule has 1 atom stereocenters. The number of carbonyl (C=O) groups excluding carboxylic acids is 2. The Hall–Kier alpha value is -1.36. The van der Waals surface area contributed by atoms with Crippen LogP contribution in [0.1, 0.15) is 12.8 Å². The molecule has 22 heavy (non-hydrogen) atoms. The number of esters is 1. The van der Waals surface area contributed by atoms with Crippen molar-refractivity contribution >= 4 is 21.9 Å². The van der Waals surface area contributed by atoms with E-state index in [1.807, 2.05) is 0 Å². The van der Waals surface area contributed by atoms with Crippen LogP contribution in [0.25, 0.3) is 0 Å². The first-order chi connectivity index (χ1) is 10.0. The van der Waals surface area contributed by atoms with E-state index in [-0.39, 0.29) is 32.5 Å². The molecule has 1 unspecified atom stereocenters. The summed E-state index contributed by atoms with van der Waals surface area (Å²) < 4.78 is 66.2. The molecule has 1 rings (SSSR count). The van der Waals surface area contributed by atoms with Gasteiger partial charge in [0.1, 0.15) is 19.1 Å². The van der Waals surface area contributed by atoms with Gasteiger partial charge in [-0.2, -0.15) is 13.2 Å². The van der Waals surface area contributed by atoms with Crippen molar-refractivity contribution in [2.24, 2.45) is 5.92 Å². The summed E-state index contributed by atoms with van der Waals surface area (Å²) in [6.45, 7) is -0.938. The average Bonchev–Trinajstić information content (AvgIpc) is 2.35. The van der Waals surface area contributed by atoms with Gasteiger partial charge in [0.05, 0.1) is 6.26 Å². The second-order valence-electron chi connectivity index (χ2n) is 4.88. The summed E-state index contributed by atoms with van der Waals surface area (Å²) in [5.74, 6) is -4.10. The Morgan fingerprint density at radius 2 is 2.09 bits per heavy atom. The molecule has 0 aromatic carbocycles. The lowest BCUT2D eigenvalue weighted by atomic mass is 9.96. The smallest absolute Gasteiger partial charge is 0.400 e. The third kappa shape index (κ3) is 6.18. The van der Waals surface area contributed by atoms with Gasteiger partial charge in [0.25, 0.3) is 0 Å². The van der Waals surface area contributed by atoms with Crippen molar-refractivity contribution in [2.75, 3.05) is 32.5 Å². The zero-order valence-corrected chi connectivity index (χ0v) is 12.7. The molecule has 0 aromatic rings. The number of rotatable bonds is 6. The van der Waals surface area contributed by atoms with E-state index < -0.39 is 40.5 Å². The maximum atomic E-state index is 12.6. The highest BCUT2D eigenvalue weighted by molar-refractivity contribution is 7.88. The predicted octanol–water partition coefficient (Wildman–Crippen LogP) is -0.120. The first kappa shape index (κ1) is 18.7. The first-order valence-electron chi connectivity index (χ1n) is 6.46. The molecule has 0 aromatic heterocycles. The van der Waals surface area contributed by atoms with Gasteiger partial charge in [-0.05, 0) is 12.8 Å². The van der Waals surface area contributed by atoms with E-state index in [0.717, 1.165) is 11.2 Å². The predicted molar refractivity (Wildman–Crippen MR) is 69.2 cm³/mol. The minimum Gasteiger partial charge on any atom is -0.463 e. The molecule has 0 bridgehead atoms. The second-order valence-corrected chi connectivity index (χ2v) is 6.72. The number of sulfonamides is 1. The van der Waals surface area contributed by atoms with Gasteiger partial charge in [0.15, 0.2) is 0 Å². The average molecular weight is 346 g/mol. The van der Waals surface area contributed by atoms with E-state index in [0.29, 0.717) is 0 Å². The molecule has 0 saturated carbocycles. The summed E-state index contributed by atoms with van der Waals surface area (Å²) >= 11 is 0. The van der Waals surface area contributed by atoms with Crippen LogP contribution in [-0.4, -0.2) is 63.9 Å². The maximum absolute atomic E-state index is 12.6. The number of piperidine rings is 1. The van der Waals surface area contributed by atoms with Crippen molar-refractivity contribution in [1.82, 2.24) is 9.62 Å². The molecule has 1 amide bonds. The summed E-state index contributed by atoms with van der Waals surface area (Å²) in [5, 5.41) is 0. The molecular formula is C11H17F3N2O5S. The number of amides is 1. The van der Waals surface area contributed by atoms with Crippen LogP contribution in [0.5, 0.6) is 0 Å². The van der Waals surface area contributed by atoms with Crippen molar-refractivity contribution in [2.45, 2.75) is 19.0 Å². The van der Waals surface area contributed by atoms with Gasteiger partial charge < -0.3 is 9.64 Å². The molecule has 11 heteroatoms. The number of carbonyl (C=O) groups is 2. The standard InChI is InChI=1S/C11H17F3N2O5S/c1-22(19,20)15-4-6-21-9(17)7-16-5-2-3-8(10(16)18)11(12,13)14/h8,15H,2-7H2,1H3. The lowest BCUT2D eigenvalue weighted by Crippen LogP contribution is -2.48. The monoisotopic (exact) mass is 346 g/mol. The van der Waals surface area contributed by atoms with Gasteiger partial charge in [0.2, 0.25) is 15.9 Å². The van der Waals surface area contributed by atoms with Crippen LogP contribution in [0.4, 0.5) is 13.2 Å². The number of ether oxygens (including phenoxy) is 1. The molecule has 1 heterocycles. The highest BCUT2D eigenvalue weighted by Gasteiger charge is 2.48. The number of hydrogen-bond donors (Lipinski definition) is 1. The molecule has 0 spiro atoms. The third-order valence-corrected chi connectivity index (χ3v) is 3.70. The minimum absolute atomic E-state index is 0.0576. The van der Waals surface area contributed by atoms with E-state index in [1.165, 1.54) is 0 Å². The van der Waals surface area contributed by atoms with Gasteiger partial charge in [-0.1, -0.05) is 0 Å². The van der Waals surface area contributed by atoms with Crippen LogP contribution in [0.15, 0.2) is 0 Å². The van der Waals surface area contributed by atoms with Crippen LogP contribution >= 0.6 is 0 Å². The summed E-state index contributed by atoms with van der Waals surface area (Å²) in [5.41, 5.74) is 0. The van der Waals surface area contributed by atoms with E-state index in [4.69, 9.17) is 0 Å². The summed E-state index contributed by atoms with van der Waals surface area (Å²) in [6, 6.07) is 0. The van der Waals surface area contributed by atoms with E-state index in [1.54, 1.807) is 0 Å². The van der Waals surface area contributed by atoms with E-state index >= 15 is 0 Å². The fraction of sp³-hybridized carbons (Fsp3) is 0.818. The van der Waals surface area contributed by atoms with Gasteiger partial charge in [-0.15, -0.1) is 0 Å². The molecule has 7 nitrogen and oxygen atoms in total. The van der Waals surface area contributed by atoms with Gasteiger partial charge >= 0.3 is 12.1 Å². The largest absolute Gasteiger partial charge is 0.463 e. The highest BCUT2D eigenvalue weighted by Crippen LogP contribution is 2.33. The maximum Gasteiger partial charge on any atom is 0.400 e. The Labute approximate surface area is 125 Å². The highest BCUT2D eigenvalue weighted by atomic mass is 32.2. The Morgan fingerprint density at radius 1 is 1.45 bits per heavy atom. The van der Waals surface area contributed by atoms with Gasteiger partial charge in [-0.3, -0.25) is 9.59 Å². The van der Waals surface area contributed by atoms with Crippen LogP contribution in [-0.2, 0) is 24.3 Å². The Bertz CT molecular complexity index is 520. The van der Waals surface area contributed by atoms with Crippen LogP contribution < -0.4 is 4.72 Å². The molecule has 0 radical (unpaired) electrons. The van der Waals surface area contributed by atoms with Crippen molar-refractivity contribution in [3.8, 4) is 0 Å². The van der Waals surface area contributed by atoms with Crippen molar-refractivity contribution in [1.29, 1.82) is 0 Å². The van der Waals surface area contributed by atoms with E-state index in [9.17, 15) is 31.2 Å². The zero-order chi connectivity index (χ0) is 17.0. The molecule has 1 aliphatic rings. The molecule has 128 valence electrons. The summed E-state index contributed by atoms with van der Waals surface area (Å²) in [7, 11) is -3.41. The van der Waals surface area contributed by atoms with Crippen molar-refractivity contribution in [3.63, 3.8) is 0 Å². The molecular weight excluding hydrogens is 329 g/mol. The number of nitrogens with one attached hydrogen (secondary N) is 1. The number of hydrogen-bond acceptors (Lipinski definition) is 5. The van der Waals surface area contributed by atoms with Gasteiger partial charge in [0, 0.05) is 13.1 Å². The normalized spacial score (nSPS) is 20.1. The zero-order valence-electron chi connectivity index (χ0n) is 11.9.